The Hall–Kier alpha value is -1.82. The number of rotatable bonds is 6. The first-order valence-electron chi connectivity index (χ1n) is 10.4. The highest BCUT2D eigenvalue weighted by molar-refractivity contribution is 7.98. The van der Waals surface area contributed by atoms with Crippen LogP contribution in [-0.4, -0.2) is 22.6 Å². The first-order chi connectivity index (χ1) is 13.6. The summed E-state index contributed by atoms with van der Waals surface area (Å²) in [4.78, 5) is 17.4. The molecule has 2 aromatic heterocycles. The number of carbonyl (C=O) groups excluding carboxylic acids is 1. The van der Waals surface area contributed by atoms with Gasteiger partial charge in [0.1, 0.15) is 10.8 Å². The lowest BCUT2D eigenvalue weighted by Gasteiger charge is -2.56. The minimum atomic E-state index is 0.00248. The van der Waals surface area contributed by atoms with Crippen molar-refractivity contribution in [3.8, 4) is 0 Å². The molecule has 5 nitrogen and oxygen atoms in total. The maximum Gasteiger partial charge on any atom is 0.254 e. The molecule has 148 valence electrons. The van der Waals surface area contributed by atoms with Crippen LogP contribution in [-0.2, 0) is 5.75 Å². The molecule has 4 aliphatic carbocycles. The summed E-state index contributed by atoms with van der Waals surface area (Å²) in [6.07, 6.45) is 9.94. The highest BCUT2D eigenvalue weighted by atomic mass is 32.2. The van der Waals surface area contributed by atoms with Crippen LogP contribution < -0.4 is 5.32 Å². The minimum absolute atomic E-state index is 0.00248. The lowest BCUT2D eigenvalue weighted by Crippen LogP contribution is -2.51. The van der Waals surface area contributed by atoms with E-state index in [0.717, 1.165) is 40.8 Å². The van der Waals surface area contributed by atoms with E-state index in [1.54, 1.807) is 6.20 Å². The van der Waals surface area contributed by atoms with E-state index in [2.05, 4.69) is 15.5 Å². The molecule has 0 aromatic carbocycles. The molecule has 4 bridgehead atoms. The molecular weight excluding hydrogens is 370 g/mol. The second-order valence-corrected chi connectivity index (χ2v) is 10.1. The van der Waals surface area contributed by atoms with Crippen LogP contribution in [0, 0.1) is 30.1 Å². The van der Waals surface area contributed by atoms with Crippen molar-refractivity contribution in [2.24, 2.45) is 23.2 Å². The monoisotopic (exact) mass is 397 g/mol. The summed E-state index contributed by atoms with van der Waals surface area (Å²) < 4.78 is 5.12. The molecule has 4 aliphatic rings. The zero-order valence-electron chi connectivity index (χ0n) is 16.3. The van der Waals surface area contributed by atoms with E-state index >= 15 is 0 Å². The Morgan fingerprint density at radius 3 is 2.61 bits per heavy atom. The summed E-state index contributed by atoms with van der Waals surface area (Å²) in [6, 6.07) is 5.63. The van der Waals surface area contributed by atoms with Crippen LogP contribution in [0.25, 0.3) is 0 Å². The Kier molecular flexibility index (Phi) is 4.69. The smallest absolute Gasteiger partial charge is 0.254 e. The molecule has 0 atom stereocenters. The summed E-state index contributed by atoms with van der Waals surface area (Å²) in [5.74, 6) is 4.15. The number of aromatic nitrogens is 2. The van der Waals surface area contributed by atoms with Crippen molar-refractivity contribution in [2.75, 3.05) is 6.54 Å². The average molecular weight is 398 g/mol. The van der Waals surface area contributed by atoms with Gasteiger partial charge in [0.15, 0.2) is 0 Å². The molecule has 4 saturated carbocycles. The fourth-order valence-electron chi connectivity index (χ4n) is 6.18. The normalized spacial score (nSPS) is 30.5. The van der Waals surface area contributed by atoms with E-state index in [4.69, 9.17) is 4.52 Å². The SMILES string of the molecule is Cc1cc(CSc2ncccc2C(=O)NCC23CC4CC(CC(C4)C2)C3)no1. The number of nitrogens with zero attached hydrogens (tertiary/aromatic N) is 2. The second kappa shape index (κ2) is 7.21. The Morgan fingerprint density at radius 2 is 1.96 bits per heavy atom. The Bertz CT molecular complexity index is 843. The third-order valence-electron chi connectivity index (χ3n) is 6.84. The van der Waals surface area contributed by atoms with E-state index in [0.29, 0.717) is 16.7 Å². The van der Waals surface area contributed by atoms with E-state index in [9.17, 15) is 4.79 Å². The van der Waals surface area contributed by atoms with Crippen molar-refractivity contribution in [2.45, 2.75) is 56.2 Å². The second-order valence-electron chi connectivity index (χ2n) is 9.17. The summed E-state index contributed by atoms with van der Waals surface area (Å²) >= 11 is 1.53. The molecule has 4 fully saturated rings. The molecule has 0 saturated heterocycles. The lowest BCUT2D eigenvalue weighted by atomic mass is 9.49. The standard InChI is InChI=1S/C22H27N3O2S/c1-14-5-18(25-27-14)12-28-21-19(3-2-4-23-21)20(26)24-13-22-9-15-6-16(10-22)8-17(7-15)11-22/h2-5,15-17H,6-13H2,1H3,(H,24,26). The highest BCUT2D eigenvalue weighted by Gasteiger charge is 2.50. The topological polar surface area (TPSA) is 68.0 Å². The van der Waals surface area contributed by atoms with Gasteiger partial charge in [-0.15, -0.1) is 0 Å². The third kappa shape index (κ3) is 3.59. The van der Waals surface area contributed by atoms with Gasteiger partial charge < -0.3 is 9.84 Å². The largest absolute Gasteiger partial charge is 0.361 e. The Balaban J connectivity index is 1.24. The first-order valence-corrected chi connectivity index (χ1v) is 11.4. The molecule has 0 radical (unpaired) electrons. The fraction of sp³-hybridized carbons (Fsp3) is 0.591. The van der Waals surface area contributed by atoms with Crippen LogP contribution in [0.4, 0.5) is 0 Å². The van der Waals surface area contributed by atoms with Gasteiger partial charge in [-0.3, -0.25) is 4.79 Å². The molecule has 0 unspecified atom stereocenters. The van der Waals surface area contributed by atoms with E-state index in [-0.39, 0.29) is 5.91 Å². The zero-order chi connectivity index (χ0) is 19.1. The van der Waals surface area contributed by atoms with E-state index in [1.807, 2.05) is 25.1 Å². The molecule has 0 aliphatic heterocycles. The maximum atomic E-state index is 13.0. The van der Waals surface area contributed by atoms with Gasteiger partial charge >= 0.3 is 0 Å². The van der Waals surface area contributed by atoms with Gasteiger partial charge in [0.2, 0.25) is 0 Å². The third-order valence-corrected chi connectivity index (χ3v) is 7.88. The van der Waals surface area contributed by atoms with Crippen LogP contribution in [0.15, 0.2) is 33.9 Å². The van der Waals surface area contributed by atoms with Crippen molar-refractivity contribution in [1.82, 2.24) is 15.5 Å². The number of aryl methyl sites for hydroxylation is 1. The van der Waals surface area contributed by atoms with Crippen molar-refractivity contribution in [3.63, 3.8) is 0 Å². The number of hydrogen-bond acceptors (Lipinski definition) is 5. The molecule has 1 N–H and O–H groups in total. The van der Waals surface area contributed by atoms with Crippen LogP contribution in [0.5, 0.6) is 0 Å². The van der Waals surface area contributed by atoms with Gasteiger partial charge in [-0.25, -0.2) is 4.98 Å². The number of carbonyl (C=O) groups is 1. The van der Waals surface area contributed by atoms with Crippen LogP contribution in [0.3, 0.4) is 0 Å². The molecule has 1 amide bonds. The predicted molar refractivity (Wildman–Crippen MR) is 108 cm³/mol. The predicted octanol–water partition coefficient (Wildman–Crippen LogP) is 4.62. The molecule has 0 spiro atoms. The number of thioether (sulfide) groups is 1. The van der Waals surface area contributed by atoms with Crippen LogP contribution >= 0.6 is 11.8 Å². The molecule has 6 rings (SSSR count). The van der Waals surface area contributed by atoms with Gasteiger partial charge in [-0.2, -0.15) is 0 Å². The number of pyridine rings is 1. The van der Waals surface area contributed by atoms with Crippen molar-refractivity contribution in [1.29, 1.82) is 0 Å². The van der Waals surface area contributed by atoms with Gasteiger partial charge in [-0.1, -0.05) is 16.9 Å². The van der Waals surface area contributed by atoms with Gasteiger partial charge in [0.05, 0.1) is 11.3 Å². The van der Waals surface area contributed by atoms with Crippen molar-refractivity contribution in [3.05, 3.63) is 41.4 Å². The summed E-state index contributed by atoms with van der Waals surface area (Å²) in [5.41, 5.74) is 1.88. The zero-order valence-corrected chi connectivity index (χ0v) is 17.1. The maximum absolute atomic E-state index is 13.0. The molecule has 2 aromatic rings. The average Bonchev–Trinajstić information content (AvgIpc) is 3.09. The molecule has 6 heteroatoms. The van der Waals surface area contributed by atoms with Crippen molar-refractivity contribution >= 4 is 17.7 Å². The quantitative estimate of drug-likeness (QED) is 0.721. The van der Waals surface area contributed by atoms with E-state index in [1.165, 1.54) is 50.3 Å². The lowest BCUT2D eigenvalue weighted by molar-refractivity contribution is -0.0503. The minimum Gasteiger partial charge on any atom is -0.361 e. The first kappa shape index (κ1) is 18.2. The van der Waals surface area contributed by atoms with Gasteiger partial charge in [-0.05, 0) is 80.8 Å². The molecular formula is C22H27N3O2S. The summed E-state index contributed by atoms with van der Waals surface area (Å²) in [6.45, 7) is 2.70. The number of hydrogen-bond donors (Lipinski definition) is 1. The van der Waals surface area contributed by atoms with Crippen molar-refractivity contribution < 1.29 is 9.32 Å². The molecule has 28 heavy (non-hydrogen) atoms. The van der Waals surface area contributed by atoms with Gasteiger partial charge in [0, 0.05) is 24.6 Å². The summed E-state index contributed by atoms with van der Waals surface area (Å²) in [5, 5.41) is 8.05. The van der Waals surface area contributed by atoms with Crippen LogP contribution in [0.2, 0.25) is 0 Å². The fourth-order valence-corrected chi connectivity index (χ4v) is 7.05. The van der Waals surface area contributed by atoms with E-state index < -0.39 is 0 Å². The number of amides is 1. The number of nitrogens with one attached hydrogen (secondary N) is 1. The summed E-state index contributed by atoms with van der Waals surface area (Å²) in [7, 11) is 0. The Labute approximate surface area is 170 Å². The highest BCUT2D eigenvalue weighted by Crippen LogP contribution is 2.59. The molecule has 2 heterocycles. The van der Waals surface area contributed by atoms with Gasteiger partial charge in [0.25, 0.3) is 5.91 Å². The van der Waals surface area contributed by atoms with Crippen LogP contribution in [0.1, 0.15) is 60.3 Å². The Morgan fingerprint density at radius 1 is 1.25 bits per heavy atom.